The number of hydrogen-bond donors (Lipinski definition) is 1. The molecule has 2 aromatic rings. The normalized spacial score (nSPS) is 11.8. The van der Waals surface area contributed by atoms with Crippen LogP contribution in [0.1, 0.15) is 27.0 Å². The monoisotopic (exact) mass is 311 g/mol. The molecule has 4 heteroatoms. The third-order valence-corrected chi connectivity index (χ3v) is 4.10. The number of carbonyl (C=O) groups is 2. The third kappa shape index (κ3) is 3.97. The van der Waals surface area contributed by atoms with E-state index >= 15 is 0 Å². The summed E-state index contributed by atoms with van der Waals surface area (Å²) < 4.78 is 0. The van der Waals surface area contributed by atoms with Crippen LogP contribution in [0, 0.1) is 13.8 Å². The zero-order chi connectivity index (χ0) is 17.0. The van der Waals surface area contributed by atoms with Crippen LogP contribution in [-0.2, 0) is 11.2 Å². The van der Waals surface area contributed by atoms with E-state index in [0.29, 0.717) is 5.56 Å². The van der Waals surface area contributed by atoms with Crippen LogP contribution in [0.2, 0.25) is 0 Å². The molecular weight excluding hydrogens is 290 g/mol. The van der Waals surface area contributed by atoms with Crippen LogP contribution >= 0.6 is 0 Å². The number of likely N-dealkylation sites (N-methyl/N-ethyl adjacent to an activating group) is 1. The maximum atomic E-state index is 12.6. The van der Waals surface area contributed by atoms with Gasteiger partial charge in [-0.05, 0) is 42.7 Å². The van der Waals surface area contributed by atoms with Crippen molar-refractivity contribution in [3.05, 3.63) is 70.8 Å². The maximum absolute atomic E-state index is 12.6. The van der Waals surface area contributed by atoms with Crippen LogP contribution in [0.25, 0.3) is 0 Å². The Morgan fingerprint density at radius 3 is 2.26 bits per heavy atom. The molecule has 0 aliphatic carbocycles. The smallest absolute Gasteiger partial charge is 0.326 e. The molecule has 4 nitrogen and oxygen atoms in total. The Bertz CT molecular complexity index is 710. The second kappa shape index (κ2) is 7.09. The summed E-state index contributed by atoms with van der Waals surface area (Å²) >= 11 is 0. The van der Waals surface area contributed by atoms with Crippen LogP contribution < -0.4 is 0 Å². The van der Waals surface area contributed by atoms with E-state index in [2.05, 4.69) is 0 Å². The van der Waals surface area contributed by atoms with Gasteiger partial charge in [-0.1, -0.05) is 36.4 Å². The number of aryl methyl sites for hydroxylation is 2. The Labute approximate surface area is 136 Å². The first-order valence-corrected chi connectivity index (χ1v) is 7.51. The van der Waals surface area contributed by atoms with E-state index < -0.39 is 12.0 Å². The van der Waals surface area contributed by atoms with Gasteiger partial charge in [-0.2, -0.15) is 0 Å². The van der Waals surface area contributed by atoms with Gasteiger partial charge in [0.25, 0.3) is 5.91 Å². The van der Waals surface area contributed by atoms with Gasteiger partial charge in [-0.3, -0.25) is 4.79 Å². The second-order valence-corrected chi connectivity index (χ2v) is 5.76. The first-order chi connectivity index (χ1) is 10.9. The predicted octanol–water partition coefficient (Wildman–Crippen LogP) is 3.07. The molecule has 0 aromatic heterocycles. The number of carboxylic acids is 1. The highest BCUT2D eigenvalue weighted by atomic mass is 16.4. The molecule has 23 heavy (non-hydrogen) atoms. The van der Waals surface area contributed by atoms with Gasteiger partial charge in [0.05, 0.1) is 0 Å². The van der Waals surface area contributed by atoms with Gasteiger partial charge in [-0.25, -0.2) is 4.79 Å². The van der Waals surface area contributed by atoms with Gasteiger partial charge >= 0.3 is 5.97 Å². The lowest BCUT2D eigenvalue weighted by atomic mass is 10.0. The average Bonchev–Trinajstić information content (AvgIpc) is 2.54. The fraction of sp³-hybridized carbons (Fsp3) is 0.263. The van der Waals surface area contributed by atoms with Crippen molar-refractivity contribution in [1.82, 2.24) is 4.90 Å². The molecule has 1 N–H and O–H groups in total. The fourth-order valence-corrected chi connectivity index (χ4v) is 2.45. The molecule has 2 aromatic carbocycles. The molecule has 0 radical (unpaired) electrons. The van der Waals surface area contributed by atoms with Crippen LogP contribution in [-0.4, -0.2) is 35.0 Å². The largest absolute Gasteiger partial charge is 0.480 e. The molecule has 0 aliphatic heterocycles. The lowest BCUT2D eigenvalue weighted by Crippen LogP contribution is -2.43. The molecule has 1 atom stereocenters. The van der Waals surface area contributed by atoms with Crippen molar-refractivity contribution >= 4 is 11.9 Å². The Morgan fingerprint density at radius 2 is 1.70 bits per heavy atom. The molecule has 0 bridgehead atoms. The number of amides is 1. The van der Waals surface area contributed by atoms with Crippen molar-refractivity contribution < 1.29 is 14.7 Å². The van der Waals surface area contributed by atoms with E-state index in [1.807, 2.05) is 50.2 Å². The highest BCUT2D eigenvalue weighted by molar-refractivity contribution is 5.96. The quantitative estimate of drug-likeness (QED) is 0.923. The Hall–Kier alpha value is -2.62. The molecular formula is C19H21NO3. The van der Waals surface area contributed by atoms with Gasteiger partial charge in [-0.15, -0.1) is 0 Å². The first kappa shape index (κ1) is 16.7. The van der Waals surface area contributed by atoms with Gasteiger partial charge in [0.15, 0.2) is 0 Å². The van der Waals surface area contributed by atoms with E-state index in [9.17, 15) is 14.7 Å². The summed E-state index contributed by atoms with van der Waals surface area (Å²) in [6, 6.07) is 13.9. The summed E-state index contributed by atoms with van der Waals surface area (Å²) in [6.07, 6.45) is 0.281. The number of hydrogen-bond acceptors (Lipinski definition) is 2. The van der Waals surface area contributed by atoms with E-state index in [4.69, 9.17) is 0 Å². The van der Waals surface area contributed by atoms with Crippen LogP contribution in [0.5, 0.6) is 0 Å². The minimum atomic E-state index is -1.01. The second-order valence-electron chi connectivity index (χ2n) is 5.76. The Balaban J connectivity index is 2.23. The minimum absolute atomic E-state index is 0.281. The highest BCUT2D eigenvalue weighted by Gasteiger charge is 2.27. The van der Waals surface area contributed by atoms with E-state index in [1.54, 1.807) is 19.2 Å². The molecule has 1 amide bonds. The minimum Gasteiger partial charge on any atom is -0.480 e. The van der Waals surface area contributed by atoms with Crippen molar-refractivity contribution in [3.8, 4) is 0 Å². The zero-order valence-electron chi connectivity index (χ0n) is 13.6. The Morgan fingerprint density at radius 1 is 1.04 bits per heavy atom. The van der Waals surface area contributed by atoms with Crippen LogP contribution in [0.4, 0.5) is 0 Å². The number of benzene rings is 2. The summed E-state index contributed by atoms with van der Waals surface area (Å²) in [4.78, 5) is 25.5. The third-order valence-electron chi connectivity index (χ3n) is 4.10. The predicted molar refractivity (Wildman–Crippen MR) is 89.6 cm³/mol. The molecule has 1 unspecified atom stereocenters. The van der Waals surface area contributed by atoms with Gasteiger partial charge in [0, 0.05) is 19.0 Å². The maximum Gasteiger partial charge on any atom is 0.326 e. The van der Waals surface area contributed by atoms with Crippen LogP contribution in [0.15, 0.2) is 48.5 Å². The molecule has 0 saturated carbocycles. The van der Waals surface area contributed by atoms with Crippen LogP contribution in [0.3, 0.4) is 0 Å². The summed E-state index contributed by atoms with van der Waals surface area (Å²) in [5.41, 5.74) is 3.51. The molecule has 0 saturated heterocycles. The highest BCUT2D eigenvalue weighted by Crippen LogP contribution is 2.15. The molecule has 2 rings (SSSR count). The van der Waals surface area contributed by atoms with E-state index in [1.165, 1.54) is 4.90 Å². The molecule has 0 heterocycles. The summed E-state index contributed by atoms with van der Waals surface area (Å²) in [6.45, 7) is 3.91. The number of nitrogens with zero attached hydrogens (tertiary/aromatic N) is 1. The van der Waals surface area contributed by atoms with Gasteiger partial charge in [0.2, 0.25) is 0 Å². The molecule has 120 valence electrons. The lowest BCUT2D eigenvalue weighted by molar-refractivity contribution is -0.141. The number of rotatable bonds is 5. The van der Waals surface area contributed by atoms with Gasteiger partial charge < -0.3 is 10.0 Å². The molecule has 0 spiro atoms. The van der Waals surface area contributed by atoms with Crippen molar-refractivity contribution in [2.24, 2.45) is 0 Å². The number of carbonyl (C=O) groups excluding carboxylic acids is 1. The van der Waals surface area contributed by atoms with Crippen molar-refractivity contribution in [1.29, 1.82) is 0 Å². The average molecular weight is 311 g/mol. The zero-order valence-corrected chi connectivity index (χ0v) is 13.6. The molecule has 0 aliphatic rings. The number of carboxylic acid groups (broad SMARTS) is 1. The Kier molecular flexibility index (Phi) is 5.16. The summed E-state index contributed by atoms with van der Waals surface area (Å²) in [5, 5.41) is 9.51. The van der Waals surface area contributed by atoms with E-state index in [-0.39, 0.29) is 12.3 Å². The first-order valence-electron chi connectivity index (χ1n) is 7.51. The number of aliphatic carboxylic acids is 1. The molecule has 0 fully saturated rings. The lowest BCUT2D eigenvalue weighted by Gasteiger charge is -2.25. The topological polar surface area (TPSA) is 57.6 Å². The SMILES string of the molecule is Cc1ccc(C(=O)N(C)C(Cc2ccccc2)C(=O)O)cc1C. The van der Waals surface area contributed by atoms with Gasteiger partial charge in [0.1, 0.15) is 6.04 Å². The van der Waals surface area contributed by atoms with Crippen molar-refractivity contribution in [2.75, 3.05) is 7.05 Å². The van der Waals surface area contributed by atoms with Crippen molar-refractivity contribution in [3.63, 3.8) is 0 Å². The standard InChI is InChI=1S/C19H21NO3/c1-13-9-10-16(11-14(13)2)18(21)20(3)17(19(22)23)12-15-7-5-4-6-8-15/h4-11,17H,12H2,1-3H3,(H,22,23). The summed E-state index contributed by atoms with van der Waals surface area (Å²) in [7, 11) is 1.54. The van der Waals surface area contributed by atoms with Crippen molar-refractivity contribution in [2.45, 2.75) is 26.3 Å². The fourth-order valence-electron chi connectivity index (χ4n) is 2.45. The summed E-state index contributed by atoms with van der Waals surface area (Å²) in [5.74, 6) is -1.29. The van der Waals surface area contributed by atoms with E-state index in [0.717, 1.165) is 16.7 Å².